The highest BCUT2D eigenvalue weighted by Crippen LogP contribution is 2.45. The number of nitrogens with two attached hydrogens (primary N) is 2. The predicted octanol–water partition coefficient (Wildman–Crippen LogP) is 4.34. The van der Waals surface area contributed by atoms with Gasteiger partial charge >= 0.3 is 12.1 Å². The molecule has 38 heavy (non-hydrogen) atoms. The van der Waals surface area contributed by atoms with E-state index in [1.165, 1.54) is 16.8 Å². The van der Waals surface area contributed by atoms with Crippen LogP contribution in [0.3, 0.4) is 0 Å². The first-order valence-corrected chi connectivity index (χ1v) is 12.1. The number of alkyl halides is 5. The zero-order chi connectivity index (χ0) is 27.6. The maximum atomic E-state index is 13.6. The van der Waals surface area contributed by atoms with Crippen molar-refractivity contribution in [3.63, 3.8) is 0 Å². The molecular weight excluding hydrogens is 626 g/mol. The van der Waals surface area contributed by atoms with E-state index in [4.69, 9.17) is 11.5 Å². The average Bonchev–Trinajstić information content (AvgIpc) is 3.34. The first kappa shape index (κ1) is 26.0. The smallest absolute Gasteiger partial charge is 0.383 e. The Balaban J connectivity index is 1.59. The van der Waals surface area contributed by atoms with Gasteiger partial charge in [-0.15, -0.1) is 0 Å². The monoisotopic (exact) mass is 644 g/mol. The molecule has 0 radical (unpaired) electrons. The van der Waals surface area contributed by atoms with Crippen molar-refractivity contribution in [3.8, 4) is 11.5 Å². The Kier molecular flexibility index (Phi) is 5.96. The van der Waals surface area contributed by atoms with E-state index in [1.807, 2.05) is 12.1 Å². The van der Waals surface area contributed by atoms with Crippen LogP contribution in [-0.4, -0.2) is 42.3 Å². The number of amides is 1. The van der Waals surface area contributed by atoms with Gasteiger partial charge in [-0.1, -0.05) is 12.1 Å². The summed E-state index contributed by atoms with van der Waals surface area (Å²) in [6.07, 6.45) is -5.44. The van der Waals surface area contributed by atoms with Crippen LogP contribution in [0.5, 0.6) is 0 Å². The lowest BCUT2D eigenvalue weighted by molar-refractivity contribution is -0.284. The van der Waals surface area contributed by atoms with Crippen LogP contribution >= 0.6 is 22.6 Å². The van der Waals surface area contributed by atoms with E-state index in [1.54, 1.807) is 19.1 Å². The third-order valence-electron chi connectivity index (χ3n) is 6.45. The van der Waals surface area contributed by atoms with Gasteiger partial charge < -0.3 is 16.8 Å². The molecule has 4 heterocycles. The fourth-order valence-corrected chi connectivity index (χ4v) is 4.70. The molecule has 9 nitrogen and oxygen atoms in total. The van der Waals surface area contributed by atoms with Gasteiger partial charge in [0.25, 0.3) is 0 Å². The molecule has 0 bridgehead atoms. The van der Waals surface area contributed by atoms with E-state index >= 15 is 0 Å². The summed E-state index contributed by atoms with van der Waals surface area (Å²) in [6.45, 7) is 1.69. The van der Waals surface area contributed by atoms with E-state index < -0.39 is 30.4 Å². The number of halogens is 6. The molecule has 198 valence electrons. The average molecular weight is 644 g/mol. The standard InChI is InChI=1S/C23H18F5IN8O/c1-21(10-2-4-11(29)5-3-10)15-16(31)34-17(35-18(15)36-20(21)38)13-9-37-14(30)8-32-19(37)12(33-13)6-7-22(24,25)23(26,27)28/h2-5,8-9H,6-7,30H2,1H3,(H3,31,34,35,36,38). The largest absolute Gasteiger partial charge is 0.453 e. The number of rotatable bonds is 5. The predicted molar refractivity (Wildman–Crippen MR) is 136 cm³/mol. The van der Waals surface area contributed by atoms with Crippen molar-refractivity contribution >= 4 is 51.6 Å². The molecule has 1 atom stereocenters. The van der Waals surface area contributed by atoms with Gasteiger partial charge in [0.1, 0.15) is 28.6 Å². The fourth-order valence-electron chi connectivity index (χ4n) is 4.34. The van der Waals surface area contributed by atoms with Gasteiger partial charge in [-0.2, -0.15) is 22.0 Å². The van der Waals surface area contributed by atoms with Crippen LogP contribution in [0.4, 0.5) is 39.4 Å². The van der Waals surface area contributed by atoms with Crippen molar-refractivity contribution in [2.75, 3.05) is 16.8 Å². The zero-order valence-corrected chi connectivity index (χ0v) is 21.6. The lowest BCUT2D eigenvalue weighted by atomic mass is 9.78. The molecule has 0 saturated carbocycles. The molecule has 0 aliphatic carbocycles. The van der Waals surface area contributed by atoms with Crippen LogP contribution in [0.25, 0.3) is 17.2 Å². The number of imidazole rings is 1. The van der Waals surface area contributed by atoms with Crippen LogP contribution in [0.1, 0.15) is 30.2 Å². The van der Waals surface area contributed by atoms with Gasteiger partial charge in [-0.05, 0) is 53.6 Å². The normalized spacial score (nSPS) is 17.6. The molecular formula is C23H18F5IN8O. The number of aryl methyl sites for hydroxylation is 1. The highest BCUT2D eigenvalue weighted by molar-refractivity contribution is 14.1. The second-order valence-corrected chi connectivity index (χ2v) is 10.1. The van der Waals surface area contributed by atoms with Crippen molar-refractivity contribution in [2.45, 2.75) is 37.3 Å². The minimum Gasteiger partial charge on any atom is -0.383 e. The van der Waals surface area contributed by atoms with E-state index in [-0.39, 0.29) is 46.2 Å². The first-order valence-electron chi connectivity index (χ1n) is 11.1. The van der Waals surface area contributed by atoms with E-state index in [0.29, 0.717) is 11.1 Å². The number of hydrogen-bond acceptors (Lipinski definition) is 7. The molecule has 4 aromatic rings. The van der Waals surface area contributed by atoms with Crippen LogP contribution in [-0.2, 0) is 16.6 Å². The topological polar surface area (TPSA) is 137 Å². The maximum Gasteiger partial charge on any atom is 0.453 e. The van der Waals surface area contributed by atoms with Crippen LogP contribution in [0, 0.1) is 3.57 Å². The summed E-state index contributed by atoms with van der Waals surface area (Å²) in [5, 5.41) is 2.70. The second kappa shape index (κ2) is 8.71. The first-order chi connectivity index (χ1) is 17.7. The number of aromatic nitrogens is 5. The Labute approximate surface area is 225 Å². The molecule has 1 aliphatic heterocycles. The summed E-state index contributed by atoms with van der Waals surface area (Å²) in [5.74, 6) is -5.23. The molecule has 0 fully saturated rings. The number of nitrogen functional groups attached to an aromatic ring is 2. The summed E-state index contributed by atoms with van der Waals surface area (Å²) >= 11 is 2.14. The molecule has 1 amide bonds. The summed E-state index contributed by atoms with van der Waals surface area (Å²) in [7, 11) is 0. The molecule has 5 N–H and O–H groups in total. The highest BCUT2D eigenvalue weighted by Gasteiger charge is 2.56. The summed E-state index contributed by atoms with van der Waals surface area (Å²) in [5.41, 5.74) is 11.9. The minimum atomic E-state index is -5.71. The Morgan fingerprint density at radius 1 is 1.08 bits per heavy atom. The van der Waals surface area contributed by atoms with Crippen molar-refractivity contribution in [3.05, 3.63) is 57.1 Å². The molecule has 1 aromatic carbocycles. The third kappa shape index (κ3) is 4.08. The lowest BCUT2D eigenvalue weighted by Crippen LogP contribution is -2.36. The van der Waals surface area contributed by atoms with Gasteiger partial charge in [0, 0.05) is 16.2 Å². The van der Waals surface area contributed by atoms with Gasteiger partial charge in [0.15, 0.2) is 11.5 Å². The maximum absolute atomic E-state index is 13.6. The van der Waals surface area contributed by atoms with Crippen LogP contribution in [0.2, 0.25) is 0 Å². The van der Waals surface area contributed by atoms with Crippen molar-refractivity contribution in [1.82, 2.24) is 24.3 Å². The van der Waals surface area contributed by atoms with E-state index in [0.717, 1.165) is 3.57 Å². The number of fused-ring (bicyclic) bond motifs is 2. The lowest BCUT2D eigenvalue weighted by Gasteiger charge is -2.23. The molecule has 1 aliphatic rings. The Morgan fingerprint density at radius 2 is 1.76 bits per heavy atom. The number of carbonyl (C=O) groups excluding carboxylic acids is 1. The number of anilines is 3. The highest BCUT2D eigenvalue weighted by atomic mass is 127. The fraction of sp³-hybridized carbons (Fsp3) is 0.261. The molecule has 1 unspecified atom stereocenters. The summed E-state index contributed by atoms with van der Waals surface area (Å²) < 4.78 is 67.7. The number of nitrogens with zero attached hydrogens (tertiary/aromatic N) is 5. The van der Waals surface area contributed by atoms with E-state index in [9.17, 15) is 26.7 Å². The molecule has 0 saturated heterocycles. The molecule has 3 aromatic heterocycles. The molecule has 0 spiro atoms. The zero-order valence-electron chi connectivity index (χ0n) is 19.4. The number of benzene rings is 1. The number of hydrogen-bond donors (Lipinski definition) is 3. The van der Waals surface area contributed by atoms with Gasteiger partial charge in [0.2, 0.25) is 5.91 Å². The van der Waals surface area contributed by atoms with Crippen molar-refractivity contribution in [2.24, 2.45) is 0 Å². The SMILES string of the molecule is CC1(c2ccc(I)cc2)C(=O)Nc2nc(-c3cn4c(N)cnc4c(CCC(F)(F)C(F)(F)F)n3)nc(N)c21. The summed E-state index contributed by atoms with van der Waals surface area (Å²) in [4.78, 5) is 30.0. The second-order valence-electron chi connectivity index (χ2n) is 8.89. The van der Waals surface area contributed by atoms with Crippen molar-refractivity contribution < 1.29 is 26.7 Å². The minimum absolute atomic E-state index is 0.0120. The Bertz CT molecular complexity index is 1590. The van der Waals surface area contributed by atoms with Gasteiger partial charge in [-0.3, -0.25) is 9.20 Å². The van der Waals surface area contributed by atoms with Gasteiger partial charge in [-0.25, -0.2) is 19.9 Å². The Hall–Kier alpha value is -3.63. The number of carbonyl (C=O) groups is 1. The van der Waals surface area contributed by atoms with Gasteiger partial charge in [0.05, 0.1) is 17.5 Å². The third-order valence-corrected chi connectivity index (χ3v) is 7.17. The van der Waals surface area contributed by atoms with E-state index in [2.05, 4.69) is 47.8 Å². The quantitative estimate of drug-likeness (QED) is 0.217. The van der Waals surface area contributed by atoms with Crippen molar-refractivity contribution in [1.29, 1.82) is 0 Å². The Morgan fingerprint density at radius 3 is 2.42 bits per heavy atom. The van der Waals surface area contributed by atoms with Crippen LogP contribution in [0.15, 0.2) is 36.7 Å². The molecule has 15 heteroatoms. The number of nitrogens with one attached hydrogen (secondary N) is 1. The van der Waals surface area contributed by atoms with Crippen LogP contribution < -0.4 is 16.8 Å². The molecule has 5 rings (SSSR count). The summed E-state index contributed by atoms with van der Waals surface area (Å²) in [6, 6.07) is 7.28.